The van der Waals surface area contributed by atoms with Crippen LogP contribution in [0.15, 0.2) is 0 Å². The molecule has 0 saturated carbocycles. The first-order chi connectivity index (χ1) is 5.96. The molecule has 0 aromatic carbocycles. The van der Waals surface area contributed by atoms with Gasteiger partial charge in [0.25, 0.3) is 0 Å². The van der Waals surface area contributed by atoms with Crippen molar-refractivity contribution in [3.63, 3.8) is 0 Å². The molecule has 0 rings (SSSR count). The summed E-state index contributed by atoms with van der Waals surface area (Å²) < 4.78 is 0. The van der Waals surface area contributed by atoms with Crippen molar-refractivity contribution in [3.05, 3.63) is 0 Å². The Kier molecular flexibility index (Phi) is 4.36. The largest absolute Gasteiger partial charge is 0.480 e. The molecule has 0 radical (unpaired) electrons. The van der Waals surface area contributed by atoms with Crippen LogP contribution in [-0.4, -0.2) is 47.0 Å². The van der Waals surface area contributed by atoms with Crippen molar-refractivity contribution >= 4 is 11.9 Å². The molecule has 0 aliphatic carbocycles. The minimum Gasteiger partial charge on any atom is -0.480 e. The van der Waals surface area contributed by atoms with Gasteiger partial charge >= 0.3 is 5.97 Å². The number of carbonyl (C=O) groups is 2. The number of hydrogen-bond donors (Lipinski definition) is 4. The van der Waals surface area contributed by atoms with Gasteiger partial charge in [0.2, 0.25) is 5.91 Å². The normalized spacial score (nSPS) is 11.0. The smallest absolute Gasteiger partial charge is 0.322 e. The second kappa shape index (κ2) is 4.78. The number of nitrogens with one attached hydrogen (secondary N) is 1. The Hall–Kier alpha value is -1.14. The molecule has 0 atom stereocenters. The van der Waals surface area contributed by atoms with Crippen LogP contribution in [0.5, 0.6) is 0 Å². The maximum atomic E-state index is 11.1. The van der Waals surface area contributed by atoms with Gasteiger partial charge in [-0.1, -0.05) is 0 Å². The molecule has 0 unspecified atom stereocenters. The average molecular weight is 191 g/mol. The van der Waals surface area contributed by atoms with E-state index in [1.165, 1.54) is 6.92 Å². The molecule has 0 spiro atoms. The van der Waals surface area contributed by atoms with Crippen molar-refractivity contribution in [2.24, 2.45) is 5.41 Å². The topological polar surface area (TPSA) is 107 Å². The Morgan fingerprint density at radius 3 is 2.08 bits per heavy atom. The highest BCUT2D eigenvalue weighted by molar-refractivity contribution is 5.85. The minimum absolute atomic E-state index is 0.519. The number of carboxylic acids is 1. The van der Waals surface area contributed by atoms with E-state index in [4.69, 9.17) is 15.3 Å². The zero-order chi connectivity index (χ0) is 10.5. The van der Waals surface area contributed by atoms with Gasteiger partial charge in [0.05, 0.1) is 18.6 Å². The quantitative estimate of drug-likeness (QED) is 0.409. The lowest BCUT2D eigenvalue weighted by atomic mass is 9.92. The second-order valence-electron chi connectivity index (χ2n) is 2.95. The molecule has 0 aliphatic rings. The first-order valence-electron chi connectivity index (χ1n) is 3.68. The molecule has 0 aromatic rings. The van der Waals surface area contributed by atoms with Gasteiger partial charge in [-0.2, -0.15) is 0 Å². The van der Waals surface area contributed by atoms with Crippen LogP contribution in [0, 0.1) is 5.41 Å². The van der Waals surface area contributed by atoms with Crippen LogP contribution < -0.4 is 5.32 Å². The van der Waals surface area contributed by atoms with Gasteiger partial charge in [0, 0.05) is 0 Å². The van der Waals surface area contributed by atoms with Crippen LogP contribution in [0.25, 0.3) is 0 Å². The second-order valence-corrected chi connectivity index (χ2v) is 2.95. The van der Waals surface area contributed by atoms with Gasteiger partial charge < -0.3 is 20.6 Å². The monoisotopic (exact) mass is 191 g/mol. The molecule has 0 aromatic heterocycles. The van der Waals surface area contributed by atoms with Crippen LogP contribution in [0.2, 0.25) is 0 Å². The minimum atomic E-state index is -1.32. The highest BCUT2D eigenvalue weighted by atomic mass is 16.4. The molecule has 4 N–H and O–H groups in total. The fourth-order valence-corrected chi connectivity index (χ4v) is 0.563. The van der Waals surface area contributed by atoms with E-state index in [9.17, 15) is 9.59 Å². The molecule has 76 valence electrons. The first kappa shape index (κ1) is 11.9. The van der Waals surface area contributed by atoms with E-state index in [1.807, 2.05) is 0 Å². The summed E-state index contributed by atoms with van der Waals surface area (Å²) in [5.41, 5.74) is -1.32. The lowest BCUT2D eigenvalue weighted by Crippen LogP contribution is -2.45. The van der Waals surface area contributed by atoms with Gasteiger partial charge in [-0.15, -0.1) is 0 Å². The predicted octanol–water partition coefficient (Wildman–Crippen LogP) is -1.82. The molecule has 13 heavy (non-hydrogen) atoms. The third-order valence-electron chi connectivity index (χ3n) is 1.65. The Bertz CT molecular complexity index is 199. The number of hydrogen-bond acceptors (Lipinski definition) is 4. The van der Waals surface area contributed by atoms with Crippen LogP contribution in [0.4, 0.5) is 0 Å². The molecule has 0 fully saturated rings. The van der Waals surface area contributed by atoms with E-state index in [2.05, 4.69) is 5.32 Å². The number of aliphatic hydroxyl groups is 2. The summed E-state index contributed by atoms with van der Waals surface area (Å²) >= 11 is 0. The van der Waals surface area contributed by atoms with Gasteiger partial charge in [-0.25, -0.2) is 0 Å². The number of rotatable bonds is 5. The van der Waals surface area contributed by atoms with E-state index < -0.39 is 37.0 Å². The molecule has 6 heteroatoms. The Balaban J connectivity index is 4.15. The standard InChI is InChI=1S/C7H13NO5/c1-7(3-9,4-10)6(13)8-2-5(11)12/h9-10H,2-4H2,1H3,(H,8,13)(H,11,12). The van der Waals surface area contributed by atoms with Crippen molar-refractivity contribution in [1.82, 2.24) is 5.32 Å². The fraction of sp³-hybridized carbons (Fsp3) is 0.714. The van der Waals surface area contributed by atoms with Crippen LogP contribution in [0.3, 0.4) is 0 Å². The summed E-state index contributed by atoms with van der Waals surface area (Å²) in [5, 5.41) is 27.8. The Morgan fingerprint density at radius 1 is 1.31 bits per heavy atom. The van der Waals surface area contributed by atoms with Gasteiger partial charge in [-0.3, -0.25) is 9.59 Å². The summed E-state index contributed by atoms with van der Waals surface area (Å²) in [6.07, 6.45) is 0. The van der Waals surface area contributed by atoms with Gasteiger partial charge in [0.15, 0.2) is 0 Å². The van der Waals surface area contributed by atoms with Crippen LogP contribution in [-0.2, 0) is 9.59 Å². The number of aliphatic carboxylic acids is 1. The maximum Gasteiger partial charge on any atom is 0.322 e. The third kappa shape index (κ3) is 3.39. The number of carbonyl (C=O) groups excluding carboxylic acids is 1. The van der Waals surface area contributed by atoms with E-state index >= 15 is 0 Å². The van der Waals surface area contributed by atoms with E-state index in [-0.39, 0.29) is 0 Å². The van der Waals surface area contributed by atoms with Crippen LogP contribution >= 0.6 is 0 Å². The van der Waals surface area contributed by atoms with E-state index in [0.29, 0.717) is 0 Å². The zero-order valence-corrected chi connectivity index (χ0v) is 7.28. The molecule has 6 nitrogen and oxygen atoms in total. The summed E-state index contributed by atoms with van der Waals surface area (Å²) in [6.45, 7) is -0.248. The van der Waals surface area contributed by atoms with Crippen molar-refractivity contribution in [2.75, 3.05) is 19.8 Å². The molecule has 1 amide bonds. The predicted molar refractivity (Wildman–Crippen MR) is 42.9 cm³/mol. The highest BCUT2D eigenvalue weighted by Gasteiger charge is 2.31. The molecular formula is C7H13NO5. The fourth-order valence-electron chi connectivity index (χ4n) is 0.563. The molecular weight excluding hydrogens is 178 g/mol. The molecule has 0 saturated heterocycles. The van der Waals surface area contributed by atoms with Gasteiger partial charge in [-0.05, 0) is 6.92 Å². The molecule has 0 aliphatic heterocycles. The van der Waals surface area contributed by atoms with Crippen molar-refractivity contribution in [3.8, 4) is 0 Å². The molecule has 0 bridgehead atoms. The van der Waals surface area contributed by atoms with Crippen molar-refractivity contribution in [1.29, 1.82) is 0 Å². The maximum absolute atomic E-state index is 11.1. The lowest BCUT2D eigenvalue weighted by molar-refractivity contribution is -0.141. The molecule has 0 heterocycles. The SMILES string of the molecule is CC(CO)(CO)C(=O)NCC(=O)O. The van der Waals surface area contributed by atoms with E-state index in [0.717, 1.165) is 0 Å². The van der Waals surface area contributed by atoms with Crippen molar-refractivity contribution in [2.45, 2.75) is 6.92 Å². The number of aliphatic hydroxyl groups excluding tert-OH is 2. The van der Waals surface area contributed by atoms with Crippen LogP contribution in [0.1, 0.15) is 6.92 Å². The first-order valence-corrected chi connectivity index (χ1v) is 3.68. The Morgan fingerprint density at radius 2 is 1.77 bits per heavy atom. The average Bonchev–Trinajstić information content (AvgIpc) is 2.12. The summed E-state index contributed by atoms with van der Waals surface area (Å²) in [6, 6.07) is 0. The Labute approximate surface area is 75.2 Å². The number of amides is 1. The lowest BCUT2D eigenvalue weighted by Gasteiger charge is -2.22. The third-order valence-corrected chi connectivity index (χ3v) is 1.65. The summed E-state index contributed by atoms with van der Waals surface area (Å²) in [7, 11) is 0. The highest BCUT2D eigenvalue weighted by Crippen LogP contribution is 2.13. The number of carboxylic acid groups (broad SMARTS) is 1. The van der Waals surface area contributed by atoms with E-state index in [1.54, 1.807) is 0 Å². The van der Waals surface area contributed by atoms with Gasteiger partial charge in [0.1, 0.15) is 6.54 Å². The zero-order valence-electron chi connectivity index (χ0n) is 7.28. The van der Waals surface area contributed by atoms with Crippen molar-refractivity contribution < 1.29 is 24.9 Å². The summed E-state index contributed by atoms with van der Waals surface area (Å²) in [5.74, 6) is -1.86. The summed E-state index contributed by atoms with van der Waals surface area (Å²) in [4.78, 5) is 21.2.